The van der Waals surface area contributed by atoms with Crippen LogP contribution >= 0.6 is 0 Å². The molecule has 1 aliphatic heterocycles. The van der Waals surface area contributed by atoms with Gasteiger partial charge in [-0.05, 0) is 38.8 Å². The van der Waals surface area contributed by atoms with E-state index in [1.165, 1.54) is 58.0 Å². The van der Waals surface area contributed by atoms with Crippen LogP contribution in [0.15, 0.2) is 18.7 Å². The highest BCUT2D eigenvalue weighted by Crippen LogP contribution is 2.31. The summed E-state index contributed by atoms with van der Waals surface area (Å²) in [5.74, 6) is 2.73. The highest BCUT2D eigenvalue weighted by atomic mass is 15.3. The predicted octanol–water partition coefficient (Wildman–Crippen LogP) is 2.57. The molecule has 0 aromatic carbocycles. The summed E-state index contributed by atoms with van der Waals surface area (Å²) >= 11 is 0. The standard InChI is InChI=1S/C18H28N6/c1-22-17(13-23-12-9-19-14-23)20-21-18(22)15-7-10-24(11-8-15)16-5-3-2-4-6-16/h9,12,14-16H,2-8,10-11,13H2,1H3. The molecule has 0 bridgehead atoms. The maximum Gasteiger partial charge on any atom is 0.152 e. The average Bonchev–Trinajstić information content (AvgIpc) is 3.27. The molecule has 1 aliphatic carbocycles. The fourth-order valence-corrected chi connectivity index (χ4v) is 4.38. The maximum absolute atomic E-state index is 4.52. The van der Waals surface area contributed by atoms with Crippen LogP contribution in [0.4, 0.5) is 0 Å². The summed E-state index contributed by atoms with van der Waals surface area (Å²) in [6.45, 7) is 3.18. The summed E-state index contributed by atoms with van der Waals surface area (Å²) in [4.78, 5) is 6.83. The van der Waals surface area contributed by atoms with Crippen LogP contribution in [-0.4, -0.2) is 48.3 Å². The van der Waals surface area contributed by atoms with Crippen molar-refractivity contribution in [1.29, 1.82) is 0 Å². The normalized spacial score (nSPS) is 21.4. The molecule has 2 aliphatic rings. The van der Waals surface area contributed by atoms with Gasteiger partial charge in [-0.15, -0.1) is 10.2 Å². The van der Waals surface area contributed by atoms with Gasteiger partial charge in [0.25, 0.3) is 0 Å². The quantitative estimate of drug-likeness (QED) is 0.865. The van der Waals surface area contributed by atoms with Crippen LogP contribution in [0.1, 0.15) is 62.5 Å². The van der Waals surface area contributed by atoms with Crippen molar-refractivity contribution < 1.29 is 0 Å². The molecule has 0 radical (unpaired) electrons. The fraction of sp³-hybridized carbons (Fsp3) is 0.722. The molecule has 2 aromatic heterocycles. The van der Waals surface area contributed by atoms with Gasteiger partial charge >= 0.3 is 0 Å². The largest absolute Gasteiger partial charge is 0.330 e. The highest BCUT2D eigenvalue weighted by Gasteiger charge is 2.29. The third-order valence-electron chi connectivity index (χ3n) is 5.87. The second kappa shape index (κ2) is 7.05. The summed E-state index contributed by atoms with van der Waals surface area (Å²) in [6.07, 6.45) is 15.1. The van der Waals surface area contributed by atoms with E-state index in [1.54, 1.807) is 6.20 Å². The van der Waals surface area contributed by atoms with Gasteiger partial charge < -0.3 is 14.0 Å². The summed E-state index contributed by atoms with van der Waals surface area (Å²) < 4.78 is 4.24. The second-order valence-electron chi connectivity index (χ2n) is 7.37. The van der Waals surface area contributed by atoms with E-state index < -0.39 is 0 Å². The zero-order valence-electron chi connectivity index (χ0n) is 14.6. The van der Waals surface area contributed by atoms with Crippen LogP contribution in [-0.2, 0) is 13.6 Å². The van der Waals surface area contributed by atoms with Crippen molar-refractivity contribution in [2.75, 3.05) is 13.1 Å². The van der Waals surface area contributed by atoms with Crippen molar-refractivity contribution in [2.24, 2.45) is 7.05 Å². The number of rotatable bonds is 4. The van der Waals surface area contributed by atoms with E-state index in [2.05, 4.69) is 31.7 Å². The molecule has 24 heavy (non-hydrogen) atoms. The van der Waals surface area contributed by atoms with Gasteiger partial charge in [-0.25, -0.2) is 4.98 Å². The molecular weight excluding hydrogens is 300 g/mol. The van der Waals surface area contributed by atoms with Crippen LogP contribution in [0.2, 0.25) is 0 Å². The molecule has 3 heterocycles. The van der Waals surface area contributed by atoms with Gasteiger partial charge in [0.1, 0.15) is 5.82 Å². The molecule has 4 rings (SSSR count). The fourth-order valence-electron chi connectivity index (χ4n) is 4.38. The second-order valence-corrected chi connectivity index (χ2v) is 7.37. The van der Waals surface area contributed by atoms with Gasteiger partial charge in [-0.3, -0.25) is 0 Å². The average molecular weight is 328 g/mol. The Balaban J connectivity index is 1.38. The van der Waals surface area contributed by atoms with Crippen molar-refractivity contribution in [3.8, 4) is 0 Å². The lowest BCUT2D eigenvalue weighted by Gasteiger charge is -2.39. The van der Waals surface area contributed by atoms with Crippen molar-refractivity contribution in [3.63, 3.8) is 0 Å². The minimum atomic E-state index is 0.555. The lowest BCUT2D eigenvalue weighted by Crippen LogP contribution is -2.42. The Kier molecular flexibility index (Phi) is 4.65. The zero-order chi connectivity index (χ0) is 16.4. The third kappa shape index (κ3) is 3.24. The van der Waals surface area contributed by atoms with Crippen LogP contribution in [0.25, 0.3) is 0 Å². The lowest BCUT2D eigenvalue weighted by molar-refractivity contribution is 0.120. The number of likely N-dealkylation sites (tertiary alicyclic amines) is 1. The van der Waals surface area contributed by atoms with Crippen LogP contribution in [0.5, 0.6) is 0 Å². The topological polar surface area (TPSA) is 51.8 Å². The van der Waals surface area contributed by atoms with Gasteiger partial charge in [0.15, 0.2) is 5.82 Å². The lowest BCUT2D eigenvalue weighted by atomic mass is 9.90. The Labute approximate surface area is 143 Å². The highest BCUT2D eigenvalue weighted by molar-refractivity contribution is 5.04. The zero-order valence-corrected chi connectivity index (χ0v) is 14.6. The first kappa shape index (κ1) is 15.8. The maximum atomic E-state index is 4.52. The third-order valence-corrected chi connectivity index (χ3v) is 5.87. The summed E-state index contributed by atoms with van der Waals surface area (Å²) in [5.41, 5.74) is 0. The summed E-state index contributed by atoms with van der Waals surface area (Å²) in [7, 11) is 2.11. The minimum absolute atomic E-state index is 0.555. The van der Waals surface area contributed by atoms with Gasteiger partial charge in [0.2, 0.25) is 0 Å². The van der Waals surface area contributed by atoms with Gasteiger partial charge in [-0.2, -0.15) is 0 Å². The van der Waals surface area contributed by atoms with Crippen LogP contribution in [0.3, 0.4) is 0 Å². The Hall–Kier alpha value is -1.69. The molecule has 2 fully saturated rings. The molecule has 0 amide bonds. The van der Waals surface area contributed by atoms with E-state index in [-0.39, 0.29) is 0 Å². The molecule has 0 atom stereocenters. The first-order valence-electron chi connectivity index (χ1n) is 9.39. The Morgan fingerprint density at radius 2 is 1.83 bits per heavy atom. The van der Waals surface area contributed by atoms with Crippen molar-refractivity contribution in [3.05, 3.63) is 30.4 Å². The van der Waals surface area contributed by atoms with Gasteiger partial charge in [0, 0.05) is 31.4 Å². The Bertz CT molecular complexity index is 633. The number of aromatic nitrogens is 5. The predicted molar refractivity (Wildman–Crippen MR) is 92.8 cm³/mol. The molecule has 1 saturated carbocycles. The molecule has 6 heteroatoms. The smallest absolute Gasteiger partial charge is 0.152 e. The monoisotopic (exact) mass is 328 g/mol. The number of hydrogen-bond acceptors (Lipinski definition) is 4. The summed E-state index contributed by atoms with van der Waals surface area (Å²) in [6, 6.07) is 0.844. The van der Waals surface area contributed by atoms with Gasteiger partial charge in [0.05, 0.1) is 12.9 Å². The van der Waals surface area contributed by atoms with Crippen LogP contribution in [0, 0.1) is 0 Å². The summed E-state index contributed by atoms with van der Waals surface area (Å²) in [5, 5.41) is 8.94. The first-order valence-corrected chi connectivity index (χ1v) is 9.39. The minimum Gasteiger partial charge on any atom is -0.330 e. The first-order chi connectivity index (χ1) is 11.8. The molecule has 6 nitrogen and oxygen atoms in total. The van der Waals surface area contributed by atoms with E-state index in [4.69, 9.17) is 0 Å². The van der Waals surface area contributed by atoms with E-state index >= 15 is 0 Å². The molecule has 130 valence electrons. The van der Waals surface area contributed by atoms with E-state index in [1.807, 2.05) is 17.1 Å². The van der Waals surface area contributed by atoms with Crippen molar-refractivity contribution in [1.82, 2.24) is 29.2 Å². The Morgan fingerprint density at radius 3 is 2.54 bits per heavy atom. The SMILES string of the molecule is Cn1c(Cn2ccnc2)nnc1C1CCN(C2CCCCC2)CC1. The number of hydrogen-bond donors (Lipinski definition) is 0. The number of piperidine rings is 1. The van der Waals surface area contributed by atoms with Crippen molar-refractivity contribution in [2.45, 2.75) is 63.5 Å². The molecule has 1 saturated heterocycles. The molecule has 0 unspecified atom stereocenters. The van der Waals surface area contributed by atoms with Crippen LogP contribution < -0.4 is 0 Å². The number of imidazole rings is 1. The Morgan fingerprint density at radius 1 is 1.04 bits per heavy atom. The number of nitrogens with zero attached hydrogens (tertiary/aromatic N) is 6. The van der Waals surface area contributed by atoms with Crippen molar-refractivity contribution >= 4 is 0 Å². The van der Waals surface area contributed by atoms with E-state index in [9.17, 15) is 0 Å². The molecule has 0 N–H and O–H groups in total. The van der Waals surface area contributed by atoms with E-state index in [0.717, 1.165) is 24.2 Å². The molecule has 0 spiro atoms. The molecule has 2 aromatic rings. The van der Waals surface area contributed by atoms with Gasteiger partial charge in [-0.1, -0.05) is 19.3 Å². The molecular formula is C18H28N6. The van der Waals surface area contributed by atoms with E-state index in [0.29, 0.717) is 5.92 Å².